The Kier molecular flexibility index (Phi) is 5.92. The predicted molar refractivity (Wildman–Crippen MR) is 89.1 cm³/mol. The average Bonchev–Trinajstić information content (AvgIpc) is 2.59. The molecule has 0 bridgehead atoms. The Hall–Kier alpha value is -2.62. The molecule has 0 spiro atoms. The number of hydrogen-bond donors (Lipinski definition) is 1. The number of methoxy groups -OCH3 is 1. The zero-order chi connectivity index (χ0) is 16.7. The van der Waals surface area contributed by atoms with Crippen molar-refractivity contribution in [3.63, 3.8) is 0 Å². The van der Waals surface area contributed by atoms with E-state index < -0.39 is 5.97 Å². The lowest BCUT2D eigenvalue weighted by molar-refractivity contribution is -0.141. The zero-order valence-electron chi connectivity index (χ0n) is 13.4. The molecular weight excluding hydrogens is 290 g/mol. The summed E-state index contributed by atoms with van der Waals surface area (Å²) in [5.74, 6) is -0.673. The molecule has 2 rings (SSSR count). The van der Waals surface area contributed by atoms with E-state index in [1.165, 1.54) is 7.11 Å². The summed E-state index contributed by atoms with van der Waals surface area (Å²) in [5.41, 5.74) is 3.34. The van der Waals surface area contributed by atoms with Crippen molar-refractivity contribution in [2.24, 2.45) is 0 Å². The van der Waals surface area contributed by atoms with Crippen LogP contribution in [0.3, 0.4) is 0 Å². The summed E-state index contributed by atoms with van der Waals surface area (Å²) >= 11 is 0. The molecular formula is C19H21NO3. The van der Waals surface area contributed by atoms with Crippen LogP contribution in [0.25, 0.3) is 0 Å². The molecule has 0 aliphatic heterocycles. The number of esters is 1. The highest BCUT2D eigenvalue weighted by Crippen LogP contribution is 2.30. The second-order valence-corrected chi connectivity index (χ2v) is 5.38. The Morgan fingerprint density at radius 1 is 1.04 bits per heavy atom. The summed E-state index contributed by atoms with van der Waals surface area (Å²) in [6.45, 7) is 1.93. The molecule has 2 aromatic rings. The Bertz CT molecular complexity index is 667. The van der Waals surface area contributed by atoms with E-state index in [4.69, 9.17) is 0 Å². The normalized spacial score (nSPS) is 11.6. The molecule has 0 aliphatic rings. The fourth-order valence-electron chi connectivity index (χ4n) is 2.57. The van der Waals surface area contributed by atoms with E-state index in [9.17, 15) is 9.59 Å². The summed E-state index contributed by atoms with van der Waals surface area (Å²) in [4.78, 5) is 23.4. The Labute approximate surface area is 136 Å². The number of ether oxygens (including phenoxy) is 1. The maximum atomic E-state index is 12.2. The number of hydrogen-bond acceptors (Lipinski definition) is 3. The smallest absolute Gasteiger partial charge is 0.325 e. The van der Waals surface area contributed by atoms with Gasteiger partial charge in [0.2, 0.25) is 5.91 Å². The van der Waals surface area contributed by atoms with E-state index in [1.54, 1.807) is 0 Å². The van der Waals surface area contributed by atoms with E-state index in [1.807, 2.05) is 61.5 Å². The third-order valence-electron chi connectivity index (χ3n) is 3.81. The van der Waals surface area contributed by atoms with Gasteiger partial charge in [0.1, 0.15) is 6.54 Å². The van der Waals surface area contributed by atoms with Crippen molar-refractivity contribution < 1.29 is 14.3 Å². The topological polar surface area (TPSA) is 55.4 Å². The van der Waals surface area contributed by atoms with Gasteiger partial charge in [-0.25, -0.2) is 0 Å². The molecule has 4 heteroatoms. The van der Waals surface area contributed by atoms with Crippen molar-refractivity contribution in [3.05, 3.63) is 71.3 Å². The van der Waals surface area contributed by atoms with Crippen molar-refractivity contribution in [1.29, 1.82) is 0 Å². The van der Waals surface area contributed by atoms with Crippen LogP contribution in [-0.4, -0.2) is 25.5 Å². The Morgan fingerprint density at radius 3 is 2.35 bits per heavy atom. The molecule has 1 atom stereocenters. The van der Waals surface area contributed by atoms with Crippen LogP contribution in [0.1, 0.15) is 29.0 Å². The zero-order valence-corrected chi connectivity index (χ0v) is 13.4. The minimum Gasteiger partial charge on any atom is -0.468 e. The number of aryl methyl sites for hydroxylation is 1. The summed E-state index contributed by atoms with van der Waals surface area (Å²) in [5, 5.41) is 2.61. The highest BCUT2D eigenvalue weighted by molar-refractivity contribution is 5.82. The molecule has 0 aliphatic carbocycles. The van der Waals surface area contributed by atoms with Gasteiger partial charge in [0.25, 0.3) is 0 Å². The first-order chi connectivity index (χ1) is 11.1. The molecule has 2 aromatic carbocycles. The molecule has 0 saturated heterocycles. The first-order valence-electron chi connectivity index (χ1n) is 7.55. The second kappa shape index (κ2) is 8.13. The van der Waals surface area contributed by atoms with Crippen molar-refractivity contribution in [2.75, 3.05) is 13.7 Å². The monoisotopic (exact) mass is 311 g/mol. The van der Waals surface area contributed by atoms with Crippen LogP contribution < -0.4 is 5.32 Å². The number of rotatable bonds is 6. The largest absolute Gasteiger partial charge is 0.468 e. The molecule has 0 unspecified atom stereocenters. The summed E-state index contributed by atoms with van der Waals surface area (Å²) in [7, 11) is 1.30. The van der Waals surface area contributed by atoms with Crippen molar-refractivity contribution >= 4 is 11.9 Å². The van der Waals surface area contributed by atoms with Crippen molar-refractivity contribution in [2.45, 2.75) is 19.3 Å². The summed E-state index contributed by atoms with van der Waals surface area (Å²) in [6.07, 6.45) is 0.284. The van der Waals surface area contributed by atoms with Gasteiger partial charge < -0.3 is 10.1 Å². The quantitative estimate of drug-likeness (QED) is 0.835. The molecule has 0 radical (unpaired) electrons. The molecule has 4 nitrogen and oxygen atoms in total. The number of nitrogens with one attached hydrogen (secondary N) is 1. The fraction of sp³-hybridized carbons (Fsp3) is 0.263. The lowest BCUT2D eigenvalue weighted by Gasteiger charge is -2.19. The number of carbonyl (C=O) groups excluding carboxylic acids is 2. The van der Waals surface area contributed by atoms with Crippen LogP contribution in [-0.2, 0) is 14.3 Å². The predicted octanol–water partition coefficient (Wildman–Crippen LogP) is 2.81. The first kappa shape index (κ1) is 16.7. The van der Waals surface area contributed by atoms with Gasteiger partial charge in [0, 0.05) is 12.3 Å². The Balaban J connectivity index is 2.20. The van der Waals surface area contributed by atoms with Crippen LogP contribution in [0.4, 0.5) is 0 Å². The molecule has 120 valence electrons. The van der Waals surface area contributed by atoms with Crippen LogP contribution in [0.5, 0.6) is 0 Å². The van der Waals surface area contributed by atoms with Gasteiger partial charge in [-0.1, -0.05) is 54.6 Å². The third kappa shape index (κ3) is 4.68. The molecule has 1 N–H and O–H groups in total. The first-order valence-corrected chi connectivity index (χ1v) is 7.55. The van der Waals surface area contributed by atoms with E-state index in [0.717, 1.165) is 16.7 Å². The highest BCUT2D eigenvalue weighted by Gasteiger charge is 2.20. The van der Waals surface area contributed by atoms with Crippen molar-refractivity contribution in [3.8, 4) is 0 Å². The maximum Gasteiger partial charge on any atom is 0.325 e. The van der Waals surface area contributed by atoms with Gasteiger partial charge in [0.05, 0.1) is 7.11 Å². The molecule has 23 heavy (non-hydrogen) atoms. The van der Waals surface area contributed by atoms with E-state index in [0.29, 0.717) is 0 Å². The second-order valence-electron chi connectivity index (χ2n) is 5.38. The average molecular weight is 311 g/mol. The van der Waals surface area contributed by atoms with Gasteiger partial charge in [-0.2, -0.15) is 0 Å². The van der Waals surface area contributed by atoms with Gasteiger partial charge in [-0.3, -0.25) is 9.59 Å². The Morgan fingerprint density at radius 2 is 1.70 bits per heavy atom. The number of benzene rings is 2. The van der Waals surface area contributed by atoms with Gasteiger partial charge >= 0.3 is 5.97 Å². The van der Waals surface area contributed by atoms with Gasteiger partial charge in [-0.05, 0) is 23.6 Å². The van der Waals surface area contributed by atoms with E-state index in [-0.39, 0.29) is 24.8 Å². The standard InChI is InChI=1S/C19H21NO3/c1-14-8-6-7-11-16(14)17(15-9-4-3-5-10-15)12-18(21)20-13-19(22)23-2/h3-11,17H,12-13H2,1-2H3,(H,20,21)/t17-/m0/s1. The number of carbonyl (C=O) groups is 2. The highest BCUT2D eigenvalue weighted by atomic mass is 16.5. The lowest BCUT2D eigenvalue weighted by atomic mass is 9.86. The van der Waals surface area contributed by atoms with Crippen LogP contribution in [0, 0.1) is 6.92 Å². The molecule has 1 amide bonds. The van der Waals surface area contributed by atoms with Crippen LogP contribution in [0.2, 0.25) is 0 Å². The minimum atomic E-state index is -0.453. The third-order valence-corrected chi connectivity index (χ3v) is 3.81. The van der Waals surface area contributed by atoms with Crippen molar-refractivity contribution in [1.82, 2.24) is 5.32 Å². The van der Waals surface area contributed by atoms with Crippen LogP contribution >= 0.6 is 0 Å². The lowest BCUT2D eigenvalue weighted by Crippen LogP contribution is -2.31. The molecule has 0 heterocycles. The maximum absolute atomic E-state index is 12.2. The number of amides is 1. The fourth-order valence-corrected chi connectivity index (χ4v) is 2.57. The molecule has 0 aromatic heterocycles. The van der Waals surface area contributed by atoms with E-state index in [2.05, 4.69) is 10.1 Å². The van der Waals surface area contributed by atoms with E-state index >= 15 is 0 Å². The van der Waals surface area contributed by atoms with Gasteiger partial charge in [-0.15, -0.1) is 0 Å². The molecule has 0 saturated carbocycles. The minimum absolute atomic E-state index is 0.0463. The van der Waals surface area contributed by atoms with Crippen LogP contribution in [0.15, 0.2) is 54.6 Å². The molecule has 0 fully saturated rings. The summed E-state index contributed by atoms with van der Waals surface area (Å²) < 4.78 is 4.54. The summed E-state index contributed by atoms with van der Waals surface area (Å²) in [6, 6.07) is 18.0. The van der Waals surface area contributed by atoms with Gasteiger partial charge in [0.15, 0.2) is 0 Å². The SMILES string of the molecule is COC(=O)CNC(=O)C[C@@H](c1ccccc1)c1ccccc1C.